The molecule has 1 aromatic heterocycles. The number of ether oxygens (including phenoxy) is 1. The summed E-state index contributed by atoms with van der Waals surface area (Å²) in [4.78, 5) is 4.49. The quantitative estimate of drug-likeness (QED) is 0.818. The average molecular weight is 265 g/mol. The molecule has 0 bridgehead atoms. The lowest BCUT2D eigenvalue weighted by Gasteiger charge is -2.26. The van der Waals surface area contributed by atoms with Crippen molar-refractivity contribution in [3.8, 4) is 0 Å². The Bertz CT molecular complexity index is 352. The number of anilines is 1. The Morgan fingerprint density at radius 2 is 2.21 bits per heavy atom. The van der Waals surface area contributed by atoms with Crippen LogP contribution in [0.5, 0.6) is 0 Å². The Kier molecular flexibility index (Phi) is 5.70. The molecule has 0 saturated heterocycles. The van der Waals surface area contributed by atoms with Crippen molar-refractivity contribution in [1.29, 1.82) is 0 Å². The summed E-state index contributed by atoms with van der Waals surface area (Å²) >= 11 is 0. The standard InChI is InChI=1S/C15H27N3O/c1-3-7-14(12-19-2)18-11-10-16-15(18)17-13-8-5-4-6-9-13/h10-11,13-14H,3-9,12H2,1-2H3,(H,16,17). The first-order valence-corrected chi connectivity index (χ1v) is 7.63. The fourth-order valence-electron chi connectivity index (χ4n) is 2.98. The van der Waals surface area contributed by atoms with Gasteiger partial charge in [-0.1, -0.05) is 32.6 Å². The third-order valence-corrected chi connectivity index (χ3v) is 3.98. The maximum atomic E-state index is 5.35. The van der Waals surface area contributed by atoms with Crippen LogP contribution in [0.4, 0.5) is 5.95 Å². The predicted octanol–water partition coefficient (Wildman–Crippen LogP) is 3.62. The molecule has 4 heteroatoms. The van der Waals surface area contributed by atoms with Gasteiger partial charge in [0.1, 0.15) is 0 Å². The molecule has 1 atom stereocenters. The van der Waals surface area contributed by atoms with Gasteiger partial charge in [-0.25, -0.2) is 4.98 Å². The van der Waals surface area contributed by atoms with Crippen molar-refractivity contribution in [3.05, 3.63) is 12.4 Å². The smallest absolute Gasteiger partial charge is 0.203 e. The van der Waals surface area contributed by atoms with Gasteiger partial charge in [0.2, 0.25) is 5.95 Å². The van der Waals surface area contributed by atoms with Crippen molar-refractivity contribution >= 4 is 5.95 Å². The van der Waals surface area contributed by atoms with Crippen molar-refractivity contribution in [3.63, 3.8) is 0 Å². The molecule has 1 aromatic rings. The molecule has 1 N–H and O–H groups in total. The maximum Gasteiger partial charge on any atom is 0.203 e. The molecule has 1 heterocycles. The van der Waals surface area contributed by atoms with Crippen LogP contribution in [-0.4, -0.2) is 29.3 Å². The van der Waals surface area contributed by atoms with E-state index in [1.807, 2.05) is 6.20 Å². The van der Waals surface area contributed by atoms with Crippen LogP contribution in [0.3, 0.4) is 0 Å². The molecule has 1 fully saturated rings. The number of nitrogens with one attached hydrogen (secondary N) is 1. The van der Waals surface area contributed by atoms with Gasteiger partial charge < -0.3 is 14.6 Å². The van der Waals surface area contributed by atoms with E-state index >= 15 is 0 Å². The Hall–Kier alpha value is -1.03. The Balaban J connectivity index is 2.02. The monoisotopic (exact) mass is 265 g/mol. The second-order valence-electron chi connectivity index (χ2n) is 5.54. The minimum atomic E-state index is 0.392. The molecular weight excluding hydrogens is 238 g/mol. The van der Waals surface area contributed by atoms with E-state index in [9.17, 15) is 0 Å². The van der Waals surface area contributed by atoms with E-state index < -0.39 is 0 Å². The average Bonchev–Trinajstić information content (AvgIpc) is 2.88. The molecule has 0 radical (unpaired) electrons. The summed E-state index contributed by atoms with van der Waals surface area (Å²) in [6, 6.07) is 0.989. The zero-order valence-electron chi connectivity index (χ0n) is 12.3. The van der Waals surface area contributed by atoms with Crippen LogP contribution in [0.1, 0.15) is 57.9 Å². The zero-order valence-corrected chi connectivity index (χ0v) is 12.3. The number of hydrogen-bond acceptors (Lipinski definition) is 3. The minimum Gasteiger partial charge on any atom is -0.383 e. The Labute approximate surface area is 116 Å². The molecule has 0 aliphatic heterocycles. The third-order valence-electron chi connectivity index (χ3n) is 3.98. The first kappa shape index (κ1) is 14.4. The molecule has 1 aliphatic rings. The summed E-state index contributed by atoms with van der Waals surface area (Å²) < 4.78 is 7.60. The van der Waals surface area contributed by atoms with E-state index in [0.717, 1.165) is 25.4 Å². The summed E-state index contributed by atoms with van der Waals surface area (Å²) in [5.74, 6) is 1.02. The predicted molar refractivity (Wildman–Crippen MR) is 78.5 cm³/mol. The van der Waals surface area contributed by atoms with Crippen molar-refractivity contribution < 1.29 is 4.74 Å². The first-order valence-electron chi connectivity index (χ1n) is 7.63. The molecule has 0 spiro atoms. The molecule has 1 aliphatic carbocycles. The number of hydrogen-bond donors (Lipinski definition) is 1. The molecule has 19 heavy (non-hydrogen) atoms. The number of rotatable bonds is 7. The van der Waals surface area contributed by atoms with Crippen molar-refractivity contribution in [2.45, 2.75) is 64.0 Å². The maximum absolute atomic E-state index is 5.35. The van der Waals surface area contributed by atoms with E-state index in [1.54, 1.807) is 7.11 Å². The van der Waals surface area contributed by atoms with E-state index in [1.165, 1.54) is 32.1 Å². The zero-order chi connectivity index (χ0) is 13.5. The Morgan fingerprint density at radius 3 is 2.89 bits per heavy atom. The van der Waals surface area contributed by atoms with Gasteiger partial charge in [-0.05, 0) is 19.3 Å². The lowest BCUT2D eigenvalue weighted by molar-refractivity contribution is 0.151. The summed E-state index contributed by atoms with van der Waals surface area (Å²) in [5.41, 5.74) is 0. The lowest BCUT2D eigenvalue weighted by atomic mass is 9.96. The fourth-order valence-corrected chi connectivity index (χ4v) is 2.98. The van der Waals surface area contributed by atoms with Crippen molar-refractivity contribution in [2.24, 2.45) is 0 Å². The van der Waals surface area contributed by atoms with Gasteiger partial charge in [0, 0.05) is 25.5 Å². The molecule has 2 rings (SSSR count). The van der Waals surface area contributed by atoms with Crippen molar-refractivity contribution in [2.75, 3.05) is 19.0 Å². The Morgan fingerprint density at radius 1 is 1.42 bits per heavy atom. The molecule has 0 aromatic carbocycles. The van der Waals surface area contributed by atoms with Gasteiger partial charge >= 0.3 is 0 Å². The highest BCUT2D eigenvalue weighted by Gasteiger charge is 2.18. The van der Waals surface area contributed by atoms with Crippen LogP contribution in [0.2, 0.25) is 0 Å². The highest BCUT2D eigenvalue weighted by molar-refractivity contribution is 5.28. The van der Waals surface area contributed by atoms with E-state index in [4.69, 9.17) is 4.74 Å². The van der Waals surface area contributed by atoms with E-state index in [2.05, 4.69) is 28.0 Å². The topological polar surface area (TPSA) is 39.1 Å². The van der Waals surface area contributed by atoms with Gasteiger partial charge in [-0.3, -0.25) is 0 Å². The van der Waals surface area contributed by atoms with Gasteiger partial charge in [0.05, 0.1) is 12.6 Å². The van der Waals surface area contributed by atoms with Crippen LogP contribution in [-0.2, 0) is 4.74 Å². The SMILES string of the molecule is CCCC(COC)n1ccnc1NC1CCCCC1. The second-order valence-corrected chi connectivity index (χ2v) is 5.54. The summed E-state index contributed by atoms with van der Waals surface area (Å²) in [5, 5.41) is 3.62. The van der Waals surface area contributed by atoms with E-state index in [0.29, 0.717) is 12.1 Å². The summed E-state index contributed by atoms with van der Waals surface area (Å²) in [6.45, 7) is 2.97. The number of aromatic nitrogens is 2. The number of methoxy groups -OCH3 is 1. The van der Waals surface area contributed by atoms with Crippen molar-refractivity contribution in [1.82, 2.24) is 9.55 Å². The number of imidazole rings is 1. The minimum absolute atomic E-state index is 0.392. The molecule has 108 valence electrons. The first-order chi connectivity index (χ1) is 9.35. The summed E-state index contributed by atoms with van der Waals surface area (Å²) in [6.07, 6.45) is 12.9. The highest BCUT2D eigenvalue weighted by Crippen LogP contribution is 2.24. The third kappa shape index (κ3) is 3.96. The highest BCUT2D eigenvalue weighted by atomic mass is 16.5. The van der Waals surface area contributed by atoms with Gasteiger partial charge in [0.25, 0.3) is 0 Å². The fraction of sp³-hybridized carbons (Fsp3) is 0.800. The van der Waals surface area contributed by atoms with Gasteiger partial charge in [-0.2, -0.15) is 0 Å². The molecule has 4 nitrogen and oxygen atoms in total. The van der Waals surface area contributed by atoms with Crippen LogP contribution in [0.25, 0.3) is 0 Å². The van der Waals surface area contributed by atoms with Gasteiger partial charge in [0.15, 0.2) is 0 Å². The molecule has 0 amide bonds. The molecule has 1 unspecified atom stereocenters. The van der Waals surface area contributed by atoms with Crippen LogP contribution in [0.15, 0.2) is 12.4 Å². The van der Waals surface area contributed by atoms with Crippen LogP contribution in [0, 0.1) is 0 Å². The molecule has 1 saturated carbocycles. The van der Waals surface area contributed by atoms with Crippen LogP contribution >= 0.6 is 0 Å². The summed E-state index contributed by atoms with van der Waals surface area (Å²) in [7, 11) is 1.77. The largest absolute Gasteiger partial charge is 0.383 e. The number of nitrogens with zero attached hydrogens (tertiary/aromatic N) is 2. The van der Waals surface area contributed by atoms with E-state index in [-0.39, 0.29) is 0 Å². The lowest BCUT2D eigenvalue weighted by Crippen LogP contribution is -2.26. The normalized spacial score (nSPS) is 18.4. The van der Waals surface area contributed by atoms with Crippen LogP contribution < -0.4 is 5.32 Å². The van der Waals surface area contributed by atoms with Gasteiger partial charge in [-0.15, -0.1) is 0 Å². The second kappa shape index (κ2) is 7.53. The molecular formula is C15H27N3O.